The Morgan fingerprint density at radius 2 is 1.85 bits per heavy atom. The average molecular weight is 276 g/mol. The van der Waals surface area contributed by atoms with Crippen LogP contribution in [0.2, 0.25) is 0 Å². The maximum Gasteiger partial charge on any atom is 0.304 e. The molecule has 110 valence electrons. The quantitative estimate of drug-likeness (QED) is 0.863. The van der Waals surface area contributed by atoms with E-state index in [2.05, 4.69) is 41.0 Å². The molecule has 0 saturated carbocycles. The Morgan fingerprint density at radius 1 is 1.20 bits per heavy atom. The Kier molecular flexibility index (Phi) is 5.56. The van der Waals surface area contributed by atoms with Gasteiger partial charge in [0.1, 0.15) is 0 Å². The van der Waals surface area contributed by atoms with Gasteiger partial charge in [-0.3, -0.25) is 14.6 Å². The molecule has 4 nitrogen and oxygen atoms in total. The molecule has 20 heavy (non-hydrogen) atoms. The van der Waals surface area contributed by atoms with E-state index in [1.165, 1.54) is 5.56 Å². The van der Waals surface area contributed by atoms with Gasteiger partial charge >= 0.3 is 5.97 Å². The van der Waals surface area contributed by atoms with E-state index < -0.39 is 5.97 Å². The first-order chi connectivity index (χ1) is 9.69. The van der Waals surface area contributed by atoms with E-state index in [0.717, 1.165) is 39.1 Å². The first kappa shape index (κ1) is 15.0. The fourth-order valence-corrected chi connectivity index (χ4v) is 2.86. The first-order valence-corrected chi connectivity index (χ1v) is 7.41. The molecule has 1 aromatic rings. The van der Waals surface area contributed by atoms with Gasteiger partial charge in [-0.05, 0) is 12.0 Å². The molecule has 1 aliphatic rings. The second-order valence-corrected chi connectivity index (χ2v) is 5.46. The summed E-state index contributed by atoms with van der Waals surface area (Å²) in [6.07, 6.45) is 1.17. The van der Waals surface area contributed by atoms with Crippen molar-refractivity contribution < 1.29 is 9.90 Å². The third kappa shape index (κ3) is 4.32. The largest absolute Gasteiger partial charge is 0.481 e. The molecule has 0 amide bonds. The van der Waals surface area contributed by atoms with Gasteiger partial charge in [-0.15, -0.1) is 0 Å². The number of aliphatic carboxylic acids is 1. The standard InChI is InChI=1S/C16H24N2O2/c1-2-15(12-16(19)20)18-10-8-17(9-11-18)13-14-6-4-3-5-7-14/h3-7,15H,2,8-13H2,1H3,(H,19,20). The van der Waals surface area contributed by atoms with Crippen molar-refractivity contribution >= 4 is 5.97 Å². The molecule has 0 bridgehead atoms. The van der Waals surface area contributed by atoms with Crippen LogP contribution in [-0.4, -0.2) is 53.1 Å². The summed E-state index contributed by atoms with van der Waals surface area (Å²) in [6.45, 7) is 7.04. The Balaban J connectivity index is 1.81. The van der Waals surface area contributed by atoms with Crippen molar-refractivity contribution in [1.29, 1.82) is 0 Å². The Labute approximate surface area is 121 Å². The van der Waals surface area contributed by atoms with Gasteiger partial charge in [-0.1, -0.05) is 37.3 Å². The predicted octanol–water partition coefficient (Wildman–Crippen LogP) is 2.06. The Bertz CT molecular complexity index is 414. The summed E-state index contributed by atoms with van der Waals surface area (Å²) in [4.78, 5) is 15.7. The van der Waals surface area contributed by atoms with Crippen LogP contribution < -0.4 is 0 Å². The molecular weight excluding hydrogens is 252 g/mol. The molecule has 1 N–H and O–H groups in total. The van der Waals surface area contributed by atoms with E-state index >= 15 is 0 Å². The summed E-state index contributed by atoms with van der Waals surface area (Å²) in [5.41, 5.74) is 1.35. The van der Waals surface area contributed by atoms with E-state index in [4.69, 9.17) is 5.11 Å². The summed E-state index contributed by atoms with van der Waals surface area (Å²) in [5, 5.41) is 8.96. The van der Waals surface area contributed by atoms with Crippen LogP contribution in [0.3, 0.4) is 0 Å². The molecule has 1 aromatic carbocycles. The lowest BCUT2D eigenvalue weighted by Gasteiger charge is -2.38. The summed E-state index contributed by atoms with van der Waals surface area (Å²) < 4.78 is 0. The summed E-state index contributed by atoms with van der Waals surface area (Å²) in [6, 6.07) is 10.7. The molecule has 4 heteroatoms. The summed E-state index contributed by atoms with van der Waals surface area (Å²) in [5.74, 6) is -0.691. The van der Waals surface area contributed by atoms with Crippen molar-refractivity contribution in [3.63, 3.8) is 0 Å². The number of rotatable bonds is 6. The lowest BCUT2D eigenvalue weighted by atomic mass is 10.1. The normalized spacial score (nSPS) is 18.9. The predicted molar refractivity (Wildman–Crippen MR) is 79.6 cm³/mol. The van der Waals surface area contributed by atoms with Crippen LogP contribution in [0.4, 0.5) is 0 Å². The topological polar surface area (TPSA) is 43.8 Å². The highest BCUT2D eigenvalue weighted by atomic mass is 16.4. The number of piperazine rings is 1. The SMILES string of the molecule is CCC(CC(=O)O)N1CCN(Cc2ccccc2)CC1. The van der Waals surface area contributed by atoms with Crippen LogP contribution in [0.25, 0.3) is 0 Å². The van der Waals surface area contributed by atoms with E-state index in [9.17, 15) is 4.79 Å². The summed E-state index contributed by atoms with van der Waals surface area (Å²) in [7, 11) is 0. The van der Waals surface area contributed by atoms with Gasteiger partial charge < -0.3 is 5.11 Å². The van der Waals surface area contributed by atoms with Crippen LogP contribution in [0.1, 0.15) is 25.3 Å². The zero-order valence-corrected chi connectivity index (χ0v) is 12.2. The van der Waals surface area contributed by atoms with Gasteiger partial charge in [0.25, 0.3) is 0 Å². The monoisotopic (exact) mass is 276 g/mol. The Hall–Kier alpha value is -1.39. The number of hydrogen-bond acceptors (Lipinski definition) is 3. The molecule has 0 aliphatic carbocycles. The van der Waals surface area contributed by atoms with Crippen molar-refractivity contribution in [1.82, 2.24) is 9.80 Å². The number of carboxylic acids is 1. The zero-order chi connectivity index (χ0) is 14.4. The highest BCUT2D eigenvalue weighted by molar-refractivity contribution is 5.67. The van der Waals surface area contributed by atoms with E-state index in [0.29, 0.717) is 0 Å². The molecule has 1 unspecified atom stereocenters. The fourth-order valence-electron chi connectivity index (χ4n) is 2.86. The minimum absolute atomic E-state index is 0.186. The van der Waals surface area contributed by atoms with Crippen LogP contribution in [0.5, 0.6) is 0 Å². The van der Waals surface area contributed by atoms with Gasteiger partial charge in [0.05, 0.1) is 6.42 Å². The minimum atomic E-state index is -0.691. The second-order valence-electron chi connectivity index (χ2n) is 5.46. The number of nitrogens with zero attached hydrogens (tertiary/aromatic N) is 2. The molecule has 1 fully saturated rings. The van der Waals surface area contributed by atoms with Gasteiger partial charge in [0, 0.05) is 38.8 Å². The first-order valence-electron chi connectivity index (χ1n) is 7.41. The van der Waals surface area contributed by atoms with Crippen molar-refractivity contribution in [2.75, 3.05) is 26.2 Å². The fraction of sp³-hybridized carbons (Fsp3) is 0.562. The van der Waals surface area contributed by atoms with Gasteiger partial charge in [-0.25, -0.2) is 0 Å². The molecule has 2 rings (SSSR count). The average Bonchev–Trinajstić information content (AvgIpc) is 2.46. The second kappa shape index (κ2) is 7.41. The molecular formula is C16H24N2O2. The molecule has 1 saturated heterocycles. The molecule has 1 aliphatic heterocycles. The number of carbonyl (C=O) groups is 1. The smallest absolute Gasteiger partial charge is 0.304 e. The van der Waals surface area contributed by atoms with Gasteiger partial charge in [0.15, 0.2) is 0 Å². The molecule has 1 atom stereocenters. The van der Waals surface area contributed by atoms with Crippen LogP contribution >= 0.6 is 0 Å². The minimum Gasteiger partial charge on any atom is -0.481 e. The van der Waals surface area contributed by atoms with Crippen LogP contribution in [0.15, 0.2) is 30.3 Å². The van der Waals surface area contributed by atoms with Crippen molar-refractivity contribution in [2.24, 2.45) is 0 Å². The molecule has 0 spiro atoms. The van der Waals surface area contributed by atoms with Gasteiger partial charge in [0.2, 0.25) is 0 Å². The van der Waals surface area contributed by atoms with E-state index in [1.807, 2.05) is 6.07 Å². The van der Waals surface area contributed by atoms with Crippen molar-refractivity contribution in [3.05, 3.63) is 35.9 Å². The van der Waals surface area contributed by atoms with E-state index in [-0.39, 0.29) is 12.5 Å². The van der Waals surface area contributed by atoms with Crippen molar-refractivity contribution in [2.45, 2.75) is 32.4 Å². The third-order valence-electron chi connectivity index (χ3n) is 4.05. The summed E-state index contributed by atoms with van der Waals surface area (Å²) >= 11 is 0. The lowest BCUT2D eigenvalue weighted by molar-refractivity contribution is -0.138. The van der Waals surface area contributed by atoms with Gasteiger partial charge in [-0.2, -0.15) is 0 Å². The highest BCUT2D eigenvalue weighted by Gasteiger charge is 2.24. The molecule has 0 aromatic heterocycles. The van der Waals surface area contributed by atoms with Crippen molar-refractivity contribution in [3.8, 4) is 0 Å². The number of hydrogen-bond donors (Lipinski definition) is 1. The molecule has 0 radical (unpaired) electrons. The van der Waals surface area contributed by atoms with Crippen LogP contribution in [-0.2, 0) is 11.3 Å². The van der Waals surface area contributed by atoms with Crippen LogP contribution in [0, 0.1) is 0 Å². The highest BCUT2D eigenvalue weighted by Crippen LogP contribution is 2.14. The third-order valence-corrected chi connectivity index (χ3v) is 4.05. The number of benzene rings is 1. The number of carboxylic acid groups (broad SMARTS) is 1. The Morgan fingerprint density at radius 3 is 2.40 bits per heavy atom. The zero-order valence-electron chi connectivity index (χ0n) is 12.2. The maximum atomic E-state index is 10.9. The molecule has 1 heterocycles. The van der Waals surface area contributed by atoms with E-state index in [1.54, 1.807) is 0 Å². The maximum absolute atomic E-state index is 10.9. The lowest BCUT2D eigenvalue weighted by Crippen LogP contribution is -2.50.